The van der Waals surface area contributed by atoms with Crippen molar-refractivity contribution in [2.24, 2.45) is 17.5 Å². The lowest BCUT2D eigenvalue weighted by molar-refractivity contribution is 0.0542. The number of aliphatic hydroxyl groups is 1. The Morgan fingerprint density at radius 3 is 2.46 bits per heavy atom. The predicted molar refractivity (Wildman–Crippen MR) is 145 cm³/mol. The fraction of sp³-hybridized carbons (Fsp3) is 0.393. The average molecular weight is 502 g/mol. The molecule has 0 saturated carbocycles. The van der Waals surface area contributed by atoms with Gasteiger partial charge in [0.25, 0.3) is 0 Å². The number of allylic oxidation sites excluding steroid dienone is 1. The van der Waals surface area contributed by atoms with E-state index in [1.165, 1.54) is 5.01 Å². The van der Waals surface area contributed by atoms with E-state index in [1.807, 2.05) is 31.3 Å². The summed E-state index contributed by atoms with van der Waals surface area (Å²) in [6.07, 6.45) is 7.17. The second-order valence-electron chi connectivity index (χ2n) is 10.4. The van der Waals surface area contributed by atoms with Crippen LogP contribution in [-0.4, -0.2) is 49.9 Å². The number of aromatic nitrogens is 4. The number of hydrogen-bond donors (Lipinski definition) is 3. The van der Waals surface area contributed by atoms with Gasteiger partial charge in [0, 0.05) is 55.5 Å². The maximum absolute atomic E-state index is 10.9. The molecule has 1 aliphatic rings. The molecule has 0 bridgehead atoms. The number of rotatable bonds is 6. The van der Waals surface area contributed by atoms with Gasteiger partial charge in [-0.15, -0.1) is 0 Å². The predicted octanol–water partition coefficient (Wildman–Crippen LogP) is 3.68. The molecule has 1 unspecified atom stereocenters. The minimum Gasteiger partial charge on any atom is -0.401 e. The number of benzene rings is 1. The molecular formula is C28H35N7O2. The Labute approximate surface area is 216 Å². The van der Waals surface area contributed by atoms with Crippen molar-refractivity contribution in [3.05, 3.63) is 71.6 Å². The van der Waals surface area contributed by atoms with E-state index in [0.29, 0.717) is 24.6 Å². The van der Waals surface area contributed by atoms with E-state index >= 15 is 0 Å². The van der Waals surface area contributed by atoms with Crippen LogP contribution in [0, 0.1) is 5.92 Å². The molecule has 0 amide bonds. The Kier molecular flexibility index (Phi) is 6.61. The summed E-state index contributed by atoms with van der Waals surface area (Å²) in [6, 6.07) is 9.85. The Morgan fingerprint density at radius 2 is 1.84 bits per heavy atom. The molecule has 4 heterocycles. The molecule has 1 aromatic carbocycles. The minimum atomic E-state index is -1.000. The van der Waals surface area contributed by atoms with Gasteiger partial charge in [-0.05, 0) is 63.3 Å². The highest BCUT2D eigenvalue weighted by atomic mass is 16.5. The minimum absolute atomic E-state index is 0.152. The number of hydrogen-bond acceptors (Lipinski definition) is 8. The van der Waals surface area contributed by atoms with Crippen LogP contribution in [0.2, 0.25) is 0 Å². The largest absolute Gasteiger partial charge is 0.401 e. The van der Waals surface area contributed by atoms with Gasteiger partial charge in [0.2, 0.25) is 0 Å². The van der Waals surface area contributed by atoms with Crippen molar-refractivity contribution >= 4 is 27.6 Å². The van der Waals surface area contributed by atoms with Gasteiger partial charge in [0.1, 0.15) is 0 Å². The summed E-state index contributed by atoms with van der Waals surface area (Å²) in [6.45, 7) is 6.82. The zero-order chi connectivity index (χ0) is 26.3. The van der Waals surface area contributed by atoms with E-state index in [2.05, 4.69) is 16.7 Å². The van der Waals surface area contributed by atoms with Crippen molar-refractivity contribution in [3.63, 3.8) is 0 Å². The number of fused-ring (bicyclic) bond motifs is 3. The molecule has 5 N–H and O–H groups in total. The van der Waals surface area contributed by atoms with Crippen molar-refractivity contribution in [1.29, 1.82) is 0 Å². The van der Waals surface area contributed by atoms with Crippen molar-refractivity contribution in [2.75, 3.05) is 20.3 Å². The number of pyridine rings is 1. The van der Waals surface area contributed by atoms with Crippen LogP contribution in [0.5, 0.6) is 0 Å². The van der Waals surface area contributed by atoms with Crippen LogP contribution in [0.3, 0.4) is 0 Å². The molecule has 1 aliphatic heterocycles. The summed E-state index contributed by atoms with van der Waals surface area (Å²) >= 11 is 0. The standard InChI is InChI=1S/C28H35N7O2/c1-17(29)25(34(4)30)19-14-23-24(33-16-19)21-7-6-20(28(2,3)36)15-22(21)35(23)26(18-8-12-37-13-9-18)27-31-10-5-11-32-27/h5-7,10-11,14-16,18,26,36H,8-9,12-13,29-30H2,1-4H3/b25-17-. The van der Waals surface area contributed by atoms with E-state index in [9.17, 15) is 5.11 Å². The molecule has 9 nitrogen and oxygen atoms in total. The number of hydrazine groups is 1. The first-order valence-electron chi connectivity index (χ1n) is 12.6. The second-order valence-corrected chi connectivity index (χ2v) is 10.4. The highest BCUT2D eigenvalue weighted by Crippen LogP contribution is 2.40. The van der Waals surface area contributed by atoms with E-state index in [-0.39, 0.29) is 12.0 Å². The maximum atomic E-state index is 10.9. The summed E-state index contributed by atoms with van der Waals surface area (Å²) in [7, 11) is 1.77. The zero-order valence-electron chi connectivity index (χ0n) is 21.8. The highest BCUT2D eigenvalue weighted by molar-refractivity contribution is 6.06. The van der Waals surface area contributed by atoms with Crippen molar-refractivity contribution < 1.29 is 9.84 Å². The quantitative estimate of drug-likeness (QED) is 0.270. The molecule has 5 rings (SSSR count). The van der Waals surface area contributed by atoms with Crippen LogP contribution in [0.4, 0.5) is 0 Å². The molecule has 3 aromatic heterocycles. The Balaban J connectivity index is 1.87. The third-order valence-corrected chi connectivity index (χ3v) is 7.19. The summed E-state index contributed by atoms with van der Waals surface area (Å²) in [5, 5.41) is 13.4. The first-order valence-corrected chi connectivity index (χ1v) is 12.6. The second kappa shape index (κ2) is 9.74. The Bertz CT molecular complexity index is 1440. The lowest BCUT2D eigenvalue weighted by Gasteiger charge is -2.32. The fourth-order valence-electron chi connectivity index (χ4n) is 5.46. The third-order valence-electron chi connectivity index (χ3n) is 7.19. The molecule has 0 spiro atoms. The van der Waals surface area contributed by atoms with Crippen molar-refractivity contribution in [3.8, 4) is 0 Å². The zero-order valence-corrected chi connectivity index (χ0v) is 21.8. The van der Waals surface area contributed by atoms with E-state index in [4.69, 9.17) is 31.3 Å². The fourth-order valence-corrected chi connectivity index (χ4v) is 5.46. The van der Waals surface area contributed by atoms with Gasteiger partial charge in [0.15, 0.2) is 5.82 Å². The molecule has 0 aliphatic carbocycles. The summed E-state index contributed by atoms with van der Waals surface area (Å²) in [4.78, 5) is 14.3. The smallest absolute Gasteiger partial charge is 0.151 e. The number of nitrogens with two attached hydrogens (primary N) is 2. The van der Waals surface area contributed by atoms with Gasteiger partial charge >= 0.3 is 0 Å². The van der Waals surface area contributed by atoms with Crippen LogP contribution >= 0.6 is 0 Å². The molecule has 0 radical (unpaired) electrons. The van der Waals surface area contributed by atoms with Crippen molar-refractivity contribution in [2.45, 2.75) is 45.3 Å². The molecule has 9 heteroatoms. The van der Waals surface area contributed by atoms with Crippen LogP contribution < -0.4 is 11.6 Å². The molecule has 194 valence electrons. The van der Waals surface area contributed by atoms with Crippen molar-refractivity contribution in [1.82, 2.24) is 24.5 Å². The van der Waals surface area contributed by atoms with Crippen LogP contribution in [-0.2, 0) is 10.3 Å². The number of nitrogens with zero attached hydrogens (tertiary/aromatic N) is 5. The maximum Gasteiger partial charge on any atom is 0.151 e. The molecule has 1 atom stereocenters. The lowest BCUT2D eigenvalue weighted by atomic mass is 9.90. The van der Waals surface area contributed by atoms with Crippen LogP contribution in [0.15, 0.2) is 54.6 Å². The molecule has 1 fully saturated rings. The van der Waals surface area contributed by atoms with E-state index in [1.54, 1.807) is 33.3 Å². The van der Waals surface area contributed by atoms with Gasteiger partial charge in [-0.25, -0.2) is 15.8 Å². The SMILES string of the molecule is C/C(N)=C(\c1cnc2c3ccc(C(C)(C)O)cc3n(C(c3ncccn3)C3CCOCC3)c2c1)N(C)N. The Morgan fingerprint density at radius 1 is 1.14 bits per heavy atom. The summed E-state index contributed by atoms with van der Waals surface area (Å²) in [5.41, 5.74) is 11.0. The lowest BCUT2D eigenvalue weighted by Crippen LogP contribution is -2.28. The topological polar surface area (TPSA) is 128 Å². The summed E-state index contributed by atoms with van der Waals surface area (Å²) in [5.74, 6) is 7.16. The number of ether oxygens (including phenoxy) is 1. The first kappa shape index (κ1) is 25.1. The van der Waals surface area contributed by atoms with Gasteiger partial charge in [-0.2, -0.15) is 0 Å². The monoisotopic (exact) mass is 501 g/mol. The molecular weight excluding hydrogens is 466 g/mol. The summed E-state index contributed by atoms with van der Waals surface area (Å²) < 4.78 is 8.00. The average Bonchev–Trinajstić information content (AvgIpc) is 3.18. The van der Waals surface area contributed by atoms with Gasteiger partial charge < -0.3 is 25.2 Å². The third kappa shape index (κ3) is 4.66. The van der Waals surface area contributed by atoms with Gasteiger partial charge in [0.05, 0.1) is 33.9 Å². The van der Waals surface area contributed by atoms with Gasteiger partial charge in [-0.3, -0.25) is 4.98 Å². The molecule has 4 aromatic rings. The van der Waals surface area contributed by atoms with Gasteiger partial charge in [-0.1, -0.05) is 12.1 Å². The van der Waals surface area contributed by atoms with E-state index in [0.717, 1.165) is 51.7 Å². The van der Waals surface area contributed by atoms with E-state index < -0.39 is 5.60 Å². The highest BCUT2D eigenvalue weighted by Gasteiger charge is 2.32. The first-order chi connectivity index (χ1) is 17.7. The Hall–Kier alpha value is -3.53. The normalized spacial score (nSPS) is 16.7. The van der Waals surface area contributed by atoms with Crippen LogP contribution in [0.1, 0.15) is 56.6 Å². The molecule has 1 saturated heterocycles. The molecule has 37 heavy (non-hydrogen) atoms. The van der Waals surface area contributed by atoms with Crippen LogP contribution in [0.25, 0.3) is 27.6 Å².